The van der Waals surface area contributed by atoms with Crippen molar-refractivity contribution < 1.29 is 31.2 Å². The van der Waals surface area contributed by atoms with Crippen molar-refractivity contribution in [3.05, 3.63) is 93.7 Å². The molecule has 1 amide bonds. The number of sulfonamides is 1. The van der Waals surface area contributed by atoms with E-state index in [1.165, 1.54) is 0 Å². The number of Topliss-reactive ketones (excluding diaryl/α,β-unsaturated/α-hetero) is 1. The second-order valence-corrected chi connectivity index (χ2v) is 9.43. The number of hydrogen-bond acceptors (Lipinski definition) is 5. The van der Waals surface area contributed by atoms with E-state index in [4.69, 9.17) is 0 Å². The first-order chi connectivity index (χ1) is 14.6. The third-order valence-electron chi connectivity index (χ3n) is 4.35. The van der Waals surface area contributed by atoms with Gasteiger partial charge in [0.2, 0.25) is 10.0 Å². The standard InChI is InChI=1S/C21H16F3NO4S2/c22-21(23,24)19(26)17-11-12-18(30-17)20(27)25-31(28,29)13-16(14-7-3-1-4-8-14)15-9-5-2-6-10-15/h1-12,16H,13H2,(H,25,27). The van der Waals surface area contributed by atoms with Crippen LogP contribution in [0.15, 0.2) is 72.8 Å². The summed E-state index contributed by atoms with van der Waals surface area (Å²) in [6, 6.07) is 19.5. The van der Waals surface area contributed by atoms with Crippen molar-refractivity contribution in [3.8, 4) is 0 Å². The number of hydrogen-bond donors (Lipinski definition) is 1. The van der Waals surface area contributed by atoms with Crippen LogP contribution in [0.3, 0.4) is 0 Å². The van der Waals surface area contributed by atoms with E-state index in [9.17, 15) is 31.2 Å². The number of amides is 1. The smallest absolute Gasteiger partial charge is 0.283 e. The largest absolute Gasteiger partial charge is 0.455 e. The van der Waals surface area contributed by atoms with Crippen LogP contribution in [0.2, 0.25) is 0 Å². The quantitative estimate of drug-likeness (QED) is 0.523. The van der Waals surface area contributed by atoms with Gasteiger partial charge in [0.25, 0.3) is 11.7 Å². The van der Waals surface area contributed by atoms with Gasteiger partial charge in [0, 0.05) is 5.92 Å². The van der Waals surface area contributed by atoms with Gasteiger partial charge in [-0.1, -0.05) is 60.7 Å². The fourth-order valence-electron chi connectivity index (χ4n) is 2.93. The number of alkyl halides is 3. The molecule has 1 heterocycles. The lowest BCUT2D eigenvalue weighted by molar-refractivity contribution is -0.0882. The monoisotopic (exact) mass is 467 g/mol. The van der Waals surface area contributed by atoms with Crippen molar-refractivity contribution in [3.63, 3.8) is 0 Å². The highest BCUT2D eigenvalue weighted by Crippen LogP contribution is 2.28. The summed E-state index contributed by atoms with van der Waals surface area (Å²) < 4.78 is 64.9. The van der Waals surface area contributed by atoms with Crippen LogP contribution in [0.25, 0.3) is 0 Å². The molecule has 0 fully saturated rings. The lowest BCUT2D eigenvalue weighted by atomic mass is 9.93. The predicted octanol–water partition coefficient (Wildman–Crippen LogP) is 4.38. The molecule has 0 aliphatic heterocycles. The molecule has 0 saturated carbocycles. The molecule has 0 atom stereocenters. The normalized spacial score (nSPS) is 12.0. The molecule has 0 aliphatic carbocycles. The summed E-state index contributed by atoms with van der Waals surface area (Å²) in [6.07, 6.45) is -5.08. The van der Waals surface area contributed by atoms with Gasteiger partial charge in [-0.25, -0.2) is 13.1 Å². The van der Waals surface area contributed by atoms with E-state index >= 15 is 0 Å². The number of benzene rings is 2. The van der Waals surface area contributed by atoms with Gasteiger partial charge in [-0.3, -0.25) is 9.59 Å². The maximum absolute atomic E-state index is 12.7. The van der Waals surface area contributed by atoms with Crippen LogP contribution in [-0.2, 0) is 10.0 Å². The molecule has 1 N–H and O–H groups in total. The summed E-state index contributed by atoms with van der Waals surface area (Å²) in [7, 11) is -4.16. The van der Waals surface area contributed by atoms with Gasteiger partial charge in [0.15, 0.2) is 0 Å². The first kappa shape index (κ1) is 22.7. The molecule has 0 saturated heterocycles. The molecule has 0 radical (unpaired) electrons. The van der Waals surface area contributed by atoms with Gasteiger partial charge in [0.05, 0.1) is 15.5 Å². The van der Waals surface area contributed by atoms with Gasteiger partial charge < -0.3 is 0 Å². The average Bonchev–Trinajstić information content (AvgIpc) is 3.22. The highest BCUT2D eigenvalue weighted by molar-refractivity contribution is 7.90. The van der Waals surface area contributed by atoms with Gasteiger partial charge in [-0.05, 0) is 23.3 Å². The number of rotatable bonds is 7. The van der Waals surface area contributed by atoms with Crippen LogP contribution in [0.5, 0.6) is 0 Å². The third kappa shape index (κ3) is 5.80. The van der Waals surface area contributed by atoms with E-state index in [1.807, 2.05) is 4.72 Å². The zero-order valence-corrected chi connectivity index (χ0v) is 17.4. The predicted molar refractivity (Wildman–Crippen MR) is 111 cm³/mol. The van der Waals surface area contributed by atoms with Crippen LogP contribution >= 0.6 is 11.3 Å². The van der Waals surface area contributed by atoms with E-state index in [0.29, 0.717) is 0 Å². The number of carbonyl (C=O) groups is 2. The Hall–Kier alpha value is -2.98. The molecule has 0 unspecified atom stereocenters. The Labute approximate surface area is 180 Å². The van der Waals surface area contributed by atoms with Crippen LogP contribution < -0.4 is 4.72 Å². The zero-order chi connectivity index (χ0) is 22.6. The Morgan fingerprint density at radius 3 is 1.81 bits per heavy atom. The van der Waals surface area contributed by atoms with E-state index in [1.54, 1.807) is 60.7 Å². The minimum absolute atomic E-state index is 0.282. The van der Waals surface area contributed by atoms with Gasteiger partial charge in [-0.2, -0.15) is 13.2 Å². The Morgan fingerprint density at radius 2 is 1.32 bits per heavy atom. The SMILES string of the molecule is O=C(NS(=O)(=O)CC(c1ccccc1)c1ccccc1)c1ccc(C(=O)C(F)(F)F)s1. The molecule has 0 spiro atoms. The van der Waals surface area contributed by atoms with Crippen LogP contribution in [0, 0.1) is 0 Å². The van der Waals surface area contributed by atoms with Crippen LogP contribution in [0.1, 0.15) is 36.4 Å². The van der Waals surface area contributed by atoms with E-state index < -0.39 is 44.4 Å². The Bertz CT molecular complexity index is 1130. The summed E-state index contributed by atoms with van der Waals surface area (Å²) in [6.45, 7) is 0. The van der Waals surface area contributed by atoms with Crippen LogP contribution in [-0.4, -0.2) is 32.0 Å². The molecule has 2 aromatic carbocycles. The van der Waals surface area contributed by atoms with Crippen molar-refractivity contribution in [2.75, 3.05) is 5.75 Å². The Balaban J connectivity index is 1.80. The molecule has 5 nitrogen and oxygen atoms in total. The lowest BCUT2D eigenvalue weighted by Gasteiger charge is -2.18. The zero-order valence-electron chi connectivity index (χ0n) is 15.8. The molecule has 0 aliphatic rings. The molecule has 10 heteroatoms. The molecular formula is C21H16F3NO4S2. The molecule has 0 bridgehead atoms. The number of nitrogens with one attached hydrogen (secondary N) is 1. The van der Waals surface area contributed by atoms with E-state index in [0.717, 1.165) is 23.3 Å². The highest BCUT2D eigenvalue weighted by Gasteiger charge is 2.40. The van der Waals surface area contributed by atoms with Crippen LogP contribution in [0.4, 0.5) is 13.2 Å². The summed E-state index contributed by atoms with van der Waals surface area (Å²) >= 11 is 0.282. The molecule has 3 rings (SSSR count). The van der Waals surface area contributed by atoms with E-state index in [2.05, 4.69) is 0 Å². The first-order valence-electron chi connectivity index (χ1n) is 8.93. The van der Waals surface area contributed by atoms with E-state index in [-0.39, 0.29) is 16.2 Å². The summed E-state index contributed by atoms with van der Waals surface area (Å²) in [5.74, 6) is -4.20. The molecule has 1 aromatic heterocycles. The molecule has 162 valence electrons. The minimum Gasteiger partial charge on any atom is -0.283 e. The Kier molecular flexibility index (Phi) is 6.61. The fourth-order valence-corrected chi connectivity index (χ4v) is 5.16. The van der Waals surface area contributed by atoms with Crippen molar-refractivity contribution in [1.82, 2.24) is 4.72 Å². The average molecular weight is 467 g/mol. The van der Waals surface area contributed by atoms with Crippen molar-refractivity contribution in [1.29, 1.82) is 0 Å². The number of thiophene rings is 1. The first-order valence-corrected chi connectivity index (χ1v) is 11.4. The summed E-state index contributed by atoms with van der Waals surface area (Å²) in [5.41, 5.74) is 1.45. The highest BCUT2D eigenvalue weighted by atomic mass is 32.2. The fraction of sp³-hybridized carbons (Fsp3) is 0.143. The summed E-state index contributed by atoms with van der Waals surface area (Å²) in [4.78, 5) is 22.6. The van der Waals surface area contributed by atoms with Gasteiger partial charge in [-0.15, -0.1) is 11.3 Å². The van der Waals surface area contributed by atoms with Gasteiger partial charge in [0.1, 0.15) is 0 Å². The number of ketones is 1. The maximum Gasteiger partial charge on any atom is 0.455 e. The van der Waals surface area contributed by atoms with Crippen molar-refractivity contribution >= 4 is 33.1 Å². The lowest BCUT2D eigenvalue weighted by Crippen LogP contribution is -2.34. The number of carbonyl (C=O) groups excluding carboxylic acids is 2. The number of halogens is 3. The maximum atomic E-state index is 12.7. The summed E-state index contributed by atoms with van der Waals surface area (Å²) in [5, 5.41) is 0. The molecule has 31 heavy (non-hydrogen) atoms. The third-order valence-corrected chi connectivity index (χ3v) is 6.70. The van der Waals surface area contributed by atoms with Crippen molar-refractivity contribution in [2.24, 2.45) is 0 Å². The minimum atomic E-state index is -5.08. The topological polar surface area (TPSA) is 80.3 Å². The Morgan fingerprint density at radius 1 is 0.839 bits per heavy atom. The van der Waals surface area contributed by atoms with Gasteiger partial charge >= 0.3 is 6.18 Å². The van der Waals surface area contributed by atoms with Crippen molar-refractivity contribution in [2.45, 2.75) is 12.1 Å². The second-order valence-electron chi connectivity index (χ2n) is 6.58. The molecular weight excluding hydrogens is 451 g/mol. The molecule has 3 aromatic rings. The second kappa shape index (κ2) is 9.03.